The van der Waals surface area contributed by atoms with Gasteiger partial charge in [-0.1, -0.05) is 6.92 Å². The molecule has 1 aromatic carbocycles. The highest BCUT2D eigenvalue weighted by Crippen LogP contribution is 2.28. The van der Waals surface area contributed by atoms with Gasteiger partial charge in [0.2, 0.25) is 0 Å². The van der Waals surface area contributed by atoms with Gasteiger partial charge >= 0.3 is 0 Å². The molecule has 2 rings (SSSR count). The van der Waals surface area contributed by atoms with Crippen molar-refractivity contribution in [3.63, 3.8) is 0 Å². The van der Waals surface area contributed by atoms with E-state index in [1.165, 1.54) is 19.1 Å². The van der Waals surface area contributed by atoms with Gasteiger partial charge in [0.1, 0.15) is 5.82 Å². The Morgan fingerprint density at radius 3 is 2.84 bits per heavy atom. The third-order valence-electron chi connectivity index (χ3n) is 3.87. The van der Waals surface area contributed by atoms with Gasteiger partial charge in [-0.3, -0.25) is 4.79 Å². The van der Waals surface area contributed by atoms with Gasteiger partial charge in [-0.25, -0.2) is 4.39 Å². The molecule has 4 heteroatoms. The normalized spacial score (nSPS) is 23.5. The molecule has 19 heavy (non-hydrogen) atoms. The molecule has 0 amide bonds. The Labute approximate surface area is 113 Å². The minimum absolute atomic E-state index is 0.109. The van der Waals surface area contributed by atoms with Crippen molar-refractivity contribution in [1.82, 2.24) is 0 Å². The van der Waals surface area contributed by atoms with E-state index in [2.05, 4.69) is 11.8 Å². The van der Waals surface area contributed by atoms with E-state index in [1.54, 1.807) is 13.2 Å². The lowest BCUT2D eigenvalue weighted by atomic mass is 9.94. The molecule has 1 aliphatic heterocycles. The molecule has 0 N–H and O–H groups in total. The summed E-state index contributed by atoms with van der Waals surface area (Å²) in [5.41, 5.74) is 1.26. The standard InChI is InChI=1S/C15H20FNO2/c1-10-6-7-17(9-15(10)19-3)14-5-4-12(16)8-13(14)11(2)18/h4-5,8,10,15H,6-7,9H2,1-3H3. The summed E-state index contributed by atoms with van der Waals surface area (Å²) in [7, 11) is 1.71. The summed E-state index contributed by atoms with van der Waals surface area (Å²) in [4.78, 5) is 13.8. The first kappa shape index (κ1) is 14.0. The summed E-state index contributed by atoms with van der Waals surface area (Å²) in [5.74, 6) is 0.0205. The first-order chi connectivity index (χ1) is 9.02. The van der Waals surface area contributed by atoms with Crippen molar-refractivity contribution >= 4 is 11.5 Å². The molecule has 0 spiro atoms. The maximum absolute atomic E-state index is 13.3. The van der Waals surface area contributed by atoms with Gasteiger partial charge in [0.25, 0.3) is 0 Å². The van der Waals surface area contributed by atoms with Gasteiger partial charge < -0.3 is 9.64 Å². The second-order valence-corrected chi connectivity index (χ2v) is 5.20. The van der Waals surface area contributed by atoms with Gasteiger partial charge in [0.15, 0.2) is 5.78 Å². The number of anilines is 1. The van der Waals surface area contributed by atoms with Crippen LogP contribution in [0.3, 0.4) is 0 Å². The third-order valence-corrected chi connectivity index (χ3v) is 3.87. The second-order valence-electron chi connectivity index (χ2n) is 5.20. The predicted molar refractivity (Wildman–Crippen MR) is 73.2 cm³/mol. The first-order valence-electron chi connectivity index (χ1n) is 6.61. The summed E-state index contributed by atoms with van der Waals surface area (Å²) in [6.07, 6.45) is 1.16. The van der Waals surface area contributed by atoms with E-state index in [4.69, 9.17) is 4.74 Å². The highest BCUT2D eigenvalue weighted by Gasteiger charge is 2.27. The molecular weight excluding hydrogens is 245 g/mol. The van der Waals surface area contributed by atoms with Crippen LogP contribution in [-0.2, 0) is 4.74 Å². The average Bonchev–Trinajstić information content (AvgIpc) is 2.39. The number of ether oxygens (including phenoxy) is 1. The van der Waals surface area contributed by atoms with E-state index in [0.717, 1.165) is 25.2 Å². The van der Waals surface area contributed by atoms with Crippen LogP contribution in [0.5, 0.6) is 0 Å². The lowest BCUT2D eigenvalue weighted by Crippen LogP contribution is -2.44. The molecule has 2 unspecified atom stereocenters. The Bertz CT molecular complexity index is 475. The van der Waals surface area contributed by atoms with Crippen LogP contribution < -0.4 is 4.90 Å². The number of nitrogens with zero attached hydrogens (tertiary/aromatic N) is 1. The summed E-state index contributed by atoms with van der Waals surface area (Å²) in [5, 5.41) is 0. The highest BCUT2D eigenvalue weighted by molar-refractivity contribution is 5.99. The molecule has 0 radical (unpaired) electrons. The Hall–Kier alpha value is -1.42. The number of carbonyl (C=O) groups is 1. The van der Waals surface area contributed by atoms with Crippen LogP contribution in [0.1, 0.15) is 30.6 Å². The molecule has 1 saturated heterocycles. The fraction of sp³-hybridized carbons (Fsp3) is 0.533. The number of hydrogen-bond donors (Lipinski definition) is 0. The number of benzene rings is 1. The van der Waals surface area contributed by atoms with Crippen molar-refractivity contribution in [2.45, 2.75) is 26.4 Å². The molecule has 1 aromatic rings. The third kappa shape index (κ3) is 2.95. The molecule has 2 atom stereocenters. The molecule has 0 saturated carbocycles. The van der Waals surface area contributed by atoms with Crippen LogP contribution in [-0.4, -0.2) is 32.1 Å². The molecule has 0 bridgehead atoms. The van der Waals surface area contributed by atoms with E-state index < -0.39 is 0 Å². The number of Topliss-reactive ketones (excluding diaryl/α,β-unsaturated/α-hetero) is 1. The number of carbonyl (C=O) groups excluding carboxylic acids is 1. The lowest BCUT2D eigenvalue weighted by Gasteiger charge is -2.38. The number of methoxy groups -OCH3 is 1. The number of ketones is 1. The number of hydrogen-bond acceptors (Lipinski definition) is 3. The van der Waals surface area contributed by atoms with Crippen molar-refractivity contribution in [3.05, 3.63) is 29.6 Å². The Kier molecular flexibility index (Phi) is 4.20. The van der Waals surface area contributed by atoms with E-state index in [9.17, 15) is 9.18 Å². The van der Waals surface area contributed by atoms with Crippen molar-refractivity contribution in [2.24, 2.45) is 5.92 Å². The highest BCUT2D eigenvalue weighted by atomic mass is 19.1. The van der Waals surface area contributed by atoms with Crippen molar-refractivity contribution in [3.8, 4) is 0 Å². The molecule has 104 valence electrons. The van der Waals surface area contributed by atoms with Gasteiger partial charge in [-0.15, -0.1) is 0 Å². The van der Waals surface area contributed by atoms with Gasteiger partial charge in [0, 0.05) is 31.5 Å². The second kappa shape index (κ2) is 5.70. The summed E-state index contributed by atoms with van der Waals surface area (Å²) in [6, 6.07) is 4.41. The summed E-state index contributed by atoms with van der Waals surface area (Å²) >= 11 is 0. The molecule has 1 heterocycles. The van der Waals surface area contributed by atoms with Gasteiger partial charge in [-0.05, 0) is 37.5 Å². The summed E-state index contributed by atoms with van der Waals surface area (Å²) in [6.45, 7) is 5.25. The topological polar surface area (TPSA) is 29.5 Å². The molecular formula is C15H20FNO2. The molecule has 3 nitrogen and oxygen atoms in total. The summed E-state index contributed by atoms with van der Waals surface area (Å²) < 4.78 is 18.8. The first-order valence-corrected chi connectivity index (χ1v) is 6.61. The SMILES string of the molecule is COC1CN(c2ccc(F)cc2C(C)=O)CCC1C. The van der Waals surface area contributed by atoms with E-state index in [0.29, 0.717) is 11.5 Å². The van der Waals surface area contributed by atoms with Crippen LogP contribution in [0.4, 0.5) is 10.1 Å². The molecule has 0 aliphatic carbocycles. The Morgan fingerprint density at radius 1 is 1.47 bits per heavy atom. The largest absolute Gasteiger partial charge is 0.379 e. The minimum Gasteiger partial charge on any atom is -0.379 e. The van der Waals surface area contributed by atoms with E-state index >= 15 is 0 Å². The van der Waals surface area contributed by atoms with Crippen LogP contribution in [0.2, 0.25) is 0 Å². The van der Waals surface area contributed by atoms with E-state index in [1.807, 2.05) is 0 Å². The molecule has 1 fully saturated rings. The Morgan fingerprint density at radius 2 is 2.21 bits per heavy atom. The van der Waals surface area contributed by atoms with Crippen LogP contribution >= 0.6 is 0 Å². The number of halogens is 1. The lowest BCUT2D eigenvalue weighted by molar-refractivity contribution is 0.0498. The molecule has 0 aromatic heterocycles. The average molecular weight is 265 g/mol. The smallest absolute Gasteiger partial charge is 0.161 e. The minimum atomic E-state index is -0.373. The number of piperidine rings is 1. The zero-order chi connectivity index (χ0) is 14.0. The number of rotatable bonds is 3. The zero-order valence-corrected chi connectivity index (χ0v) is 11.6. The monoisotopic (exact) mass is 265 g/mol. The van der Waals surface area contributed by atoms with Crippen molar-refractivity contribution in [2.75, 3.05) is 25.1 Å². The maximum atomic E-state index is 13.3. The van der Waals surface area contributed by atoms with Gasteiger partial charge in [-0.2, -0.15) is 0 Å². The fourth-order valence-electron chi connectivity index (χ4n) is 2.63. The molecule has 1 aliphatic rings. The van der Waals surface area contributed by atoms with Crippen LogP contribution in [0, 0.1) is 11.7 Å². The van der Waals surface area contributed by atoms with Crippen molar-refractivity contribution in [1.29, 1.82) is 0 Å². The quantitative estimate of drug-likeness (QED) is 0.787. The van der Waals surface area contributed by atoms with Crippen LogP contribution in [0.25, 0.3) is 0 Å². The van der Waals surface area contributed by atoms with Gasteiger partial charge in [0.05, 0.1) is 6.10 Å². The Balaban J connectivity index is 2.29. The predicted octanol–water partition coefficient (Wildman–Crippen LogP) is 2.89. The van der Waals surface area contributed by atoms with E-state index in [-0.39, 0.29) is 17.7 Å². The maximum Gasteiger partial charge on any atom is 0.161 e. The fourth-order valence-corrected chi connectivity index (χ4v) is 2.63. The van der Waals surface area contributed by atoms with Crippen LogP contribution in [0.15, 0.2) is 18.2 Å². The van der Waals surface area contributed by atoms with Crippen molar-refractivity contribution < 1.29 is 13.9 Å². The zero-order valence-electron chi connectivity index (χ0n) is 11.6.